The summed E-state index contributed by atoms with van der Waals surface area (Å²) >= 11 is 0. The normalized spacial score (nSPS) is 9.00. The van der Waals surface area contributed by atoms with Crippen molar-refractivity contribution in [1.29, 1.82) is 0 Å². The molecule has 3 rings (SSSR count). The van der Waals surface area contributed by atoms with Gasteiger partial charge in [-0.15, -0.1) is 29.8 Å². The van der Waals surface area contributed by atoms with Crippen LogP contribution in [-0.4, -0.2) is 11.1 Å². The number of carbonyl (C=O) groups is 1. The molecule has 0 radical (unpaired) electrons. The van der Waals surface area contributed by atoms with E-state index < -0.39 is 5.97 Å². The van der Waals surface area contributed by atoms with Crippen LogP contribution in [0.1, 0.15) is 10.4 Å². The predicted octanol–water partition coefficient (Wildman–Crippen LogP) is 4.17. The second-order valence-electron chi connectivity index (χ2n) is 4.02. The number of hydrogen-bond donors (Lipinski definition) is 1. The third kappa shape index (κ3) is 4.54. The first-order valence-corrected chi connectivity index (χ1v) is 5.99. The van der Waals surface area contributed by atoms with Crippen LogP contribution < -0.4 is 0 Å². The Balaban J connectivity index is 0.000000283. The van der Waals surface area contributed by atoms with Crippen LogP contribution in [0.2, 0.25) is 0 Å². The number of aromatic carboxylic acids is 1. The molecule has 0 amide bonds. The van der Waals surface area contributed by atoms with Crippen molar-refractivity contribution >= 4 is 5.97 Å². The van der Waals surface area contributed by atoms with Crippen LogP contribution >= 0.6 is 0 Å². The Morgan fingerprint density at radius 2 is 1.50 bits per heavy atom. The summed E-state index contributed by atoms with van der Waals surface area (Å²) in [6.45, 7) is 0. The molecule has 0 unspecified atom stereocenters. The second-order valence-corrected chi connectivity index (χ2v) is 4.02. The number of benzene rings is 1. The average Bonchev–Trinajstić information content (AvgIpc) is 3.15. The van der Waals surface area contributed by atoms with Crippen molar-refractivity contribution in [2.75, 3.05) is 0 Å². The fourth-order valence-electron chi connectivity index (χ4n) is 1.69. The number of rotatable bonds is 2. The monoisotopic (exact) mass is 306 g/mol. The van der Waals surface area contributed by atoms with E-state index in [1.807, 2.05) is 66.7 Å². The smallest absolute Gasteiger partial charge is 0.478 e. The zero-order valence-corrected chi connectivity index (χ0v) is 11.8. The maximum Gasteiger partial charge on any atom is 2.00 e. The van der Waals surface area contributed by atoms with E-state index in [0.717, 1.165) is 11.1 Å². The molecule has 0 heterocycles. The van der Waals surface area contributed by atoms with Crippen molar-refractivity contribution in [1.82, 2.24) is 0 Å². The Kier molecular flexibility index (Phi) is 6.51. The maximum atomic E-state index is 10.6. The minimum absolute atomic E-state index is 0. The first kappa shape index (κ1) is 16.0. The molecular formula is C17H14FeO2. The van der Waals surface area contributed by atoms with Gasteiger partial charge in [-0.2, -0.15) is 30.3 Å². The van der Waals surface area contributed by atoms with Crippen molar-refractivity contribution in [2.45, 2.75) is 0 Å². The summed E-state index contributed by atoms with van der Waals surface area (Å²) in [5.41, 5.74) is 2.47. The predicted molar refractivity (Wildman–Crippen MR) is 76.5 cm³/mol. The summed E-state index contributed by atoms with van der Waals surface area (Å²) in [5.74, 6) is -0.890. The van der Waals surface area contributed by atoms with Crippen LogP contribution in [0.15, 0.2) is 78.9 Å². The molecule has 0 saturated heterocycles. The molecule has 0 spiro atoms. The van der Waals surface area contributed by atoms with Crippen LogP contribution in [-0.2, 0) is 17.1 Å². The van der Waals surface area contributed by atoms with Gasteiger partial charge in [0.15, 0.2) is 0 Å². The van der Waals surface area contributed by atoms with Crippen molar-refractivity contribution in [3.8, 4) is 11.1 Å². The van der Waals surface area contributed by atoms with Crippen LogP contribution in [0.4, 0.5) is 0 Å². The second kappa shape index (κ2) is 8.15. The largest absolute Gasteiger partial charge is 2.00 e. The van der Waals surface area contributed by atoms with Crippen LogP contribution in [0.25, 0.3) is 11.1 Å². The summed E-state index contributed by atoms with van der Waals surface area (Å²) in [5, 5.41) is 8.71. The molecule has 0 aromatic heterocycles. The fourth-order valence-corrected chi connectivity index (χ4v) is 1.69. The Hall–Kier alpha value is -2.09. The van der Waals surface area contributed by atoms with Crippen molar-refractivity contribution in [3.05, 3.63) is 84.4 Å². The maximum absolute atomic E-state index is 10.6. The van der Waals surface area contributed by atoms with E-state index in [4.69, 9.17) is 5.11 Å². The first-order chi connectivity index (χ1) is 9.27. The minimum atomic E-state index is -0.890. The van der Waals surface area contributed by atoms with Gasteiger partial charge in [0.1, 0.15) is 0 Å². The third-order valence-corrected chi connectivity index (χ3v) is 2.68. The molecule has 1 N–H and O–H groups in total. The molecule has 0 fully saturated rings. The topological polar surface area (TPSA) is 37.3 Å². The van der Waals surface area contributed by atoms with Gasteiger partial charge in [-0.25, -0.2) is 16.9 Å². The van der Waals surface area contributed by atoms with E-state index in [0.29, 0.717) is 5.56 Å². The molecule has 3 aromatic rings. The third-order valence-electron chi connectivity index (χ3n) is 2.68. The zero-order valence-electron chi connectivity index (χ0n) is 10.7. The van der Waals surface area contributed by atoms with E-state index in [1.165, 1.54) is 0 Å². The van der Waals surface area contributed by atoms with Gasteiger partial charge in [0, 0.05) is 5.56 Å². The minimum Gasteiger partial charge on any atom is -0.478 e. The van der Waals surface area contributed by atoms with Crippen molar-refractivity contribution in [3.63, 3.8) is 0 Å². The van der Waals surface area contributed by atoms with E-state index in [2.05, 4.69) is 0 Å². The van der Waals surface area contributed by atoms with Gasteiger partial charge in [-0.3, -0.25) is 0 Å². The van der Waals surface area contributed by atoms with Gasteiger partial charge >= 0.3 is 23.0 Å². The molecule has 2 nitrogen and oxygen atoms in total. The quantitative estimate of drug-likeness (QED) is 0.570. The van der Waals surface area contributed by atoms with Crippen LogP contribution in [0, 0.1) is 0 Å². The summed E-state index contributed by atoms with van der Waals surface area (Å²) in [4.78, 5) is 10.6. The summed E-state index contributed by atoms with van der Waals surface area (Å²) < 4.78 is 0. The summed E-state index contributed by atoms with van der Waals surface area (Å²) in [7, 11) is 0. The van der Waals surface area contributed by atoms with Gasteiger partial charge in [-0.05, 0) is 0 Å². The van der Waals surface area contributed by atoms with Gasteiger partial charge in [0.25, 0.3) is 0 Å². The van der Waals surface area contributed by atoms with E-state index >= 15 is 0 Å². The van der Waals surface area contributed by atoms with Crippen molar-refractivity contribution < 1.29 is 27.0 Å². The van der Waals surface area contributed by atoms with Gasteiger partial charge in [-0.1, -0.05) is 17.7 Å². The average molecular weight is 306 g/mol. The Morgan fingerprint density at radius 1 is 0.950 bits per heavy atom. The Bertz CT molecular complexity index is 576. The van der Waals surface area contributed by atoms with E-state index in [9.17, 15) is 4.79 Å². The van der Waals surface area contributed by atoms with Gasteiger partial charge in [0.2, 0.25) is 0 Å². The van der Waals surface area contributed by atoms with E-state index in [-0.39, 0.29) is 17.1 Å². The van der Waals surface area contributed by atoms with E-state index in [1.54, 1.807) is 12.1 Å². The molecule has 102 valence electrons. The van der Waals surface area contributed by atoms with Gasteiger partial charge in [0.05, 0.1) is 0 Å². The molecule has 0 saturated carbocycles. The molecule has 3 heteroatoms. The van der Waals surface area contributed by atoms with Crippen LogP contribution in [0.5, 0.6) is 0 Å². The standard InChI is InChI=1S/C12H9O2.C5H5.Fe/c13-12(14)11-7-5-10(6-8-11)9-3-1-2-4-9;1-2-4-5-3-1;/h1-8H,(H,13,14);1-5H;/q2*-1;+2. The molecule has 0 aliphatic heterocycles. The molecule has 0 aliphatic rings. The van der Waals surface area contributed by atoms with Crippen LogP contribution in [0.3, 0.4) is 0 Å². The molecule has 3 aromatic carbocycles. The molecule has 0 aliphatic carbocycles. The number of carboxylic acid groups (broad SMARTS) is 1. The summed E-state index contributed by atoms with van der Waals surface area (Å²) in [6, 6.07) is 24.8. The SMILES string of the molecule is O=C(O)c1ccc(-[c-]2cccc2)cc1.[Fe+2].c1cc[cH-]c1. The van der Waals surface area contributed by atoms with Gasteiger partial charge < -0.3 is 5.11 Å². The number of hydrogen-bond acceptors (Lipinski definition) is 1. The molecule has 20 heavy (non-hydrogen) atoms. The number of carboxylic acids is 1. The zero-order chi connectivity index (χ0) is 13.5. The Morgan fingerprint density at radius 3 is 1.90 bits per heavy atom. The van der Waals surface area contributed by atoms with Crippen molar-refractivity contribution in [2.24, 2.45) is 0 Å². The molecule has 0 bridgehead atoms. The fraction of sp³-hybridized carbons (Fsp3) is 0. The first-order valence-electron chi connectivity index (χ1n) is 5.99. The molecule has 0 atom stereocenters. The molecular weight excluding hydrogens is 292 g/mol. The summed E-state index contributed by atoms with van der Waals surface area (Å²) in [6.07, 6.45) is 0. The Labute approximate surface area is 128 Å².